The Balaban J connectivity index is 2.45. The van der Waals surface area contributed by atoms with Gasteiger partial charge in [0.25, 0.3) is 0 Å². The van der Waals surface area contributed by atoms with Gasteiger partial charge in [0, 0.05) is 0 Å². The normalized spacial score (nSPS) is 11.0. The molecule has 0 saturated heterocycles. The van der Waals surface area contributed by atoms with Crippen LogP contribution in [-0.4, -0.2) is 20.1 Å². The van der Waals surface area contributed by atoms with Crippen molar-refractivity contribution < 1.29 is 18.1 Å². The van der Waals surface area contributed by atoms with Crippen LogP contribution in [0.25, 0.3) is 0 Å². The third kappa shape index (κ3) is 2.94. The average Bonchev–Trinajstić information content (AvgIpc) is 2.46. The Morgan fingerprint density at radius 1 is 1.00 bits per heavy atom. The molecule has 0 aliphatic heterocycles. The Labute approximate surface area is 115 Å². The van der Waals surface area contributed by atoms with E-state index in [1.807, 2.05) is 0 Å². The minimum Gasteiger partial charge on any atom is -0.431 e. The molecule has 0 fully saturated rings. The first-order chi connectivity index (χ1) is 9.51. The number of hydrogen-bond acceptors (Lipinski definition) is 5. The first-order valence-electron chi connectivity index (χ1n) is 5.65. The van der Waals surface area contributed by atoms with Crippen molar-refractivity contribution in [3.63, 3.8) is 0 Å². The highest BCUT2D eigenvalue weighted by Gasteiger charge is 2.22. The fourth-order valence-electron chi connectivity index (χ4n) is 1.64. The Morgan fingerprint density at radius 2 is 1.60 bits per heavy atom. The van der Waals surface area contributed by atoms with E-state index in [4.69, 9.17) is 4.74 Å². The molecule has 0 atom stereocenters. The zero-order valence-electron chi connectivity index (χ0n) is 10.3. The van der Waals surface area contributed by atoms with Gasteiger partial charge in [0.05, 0.1) is 9.82 Å². The van der Waals surface area contributed by atoms with Gasteiger partial charge >= 0.3 is 6.73 Å². The van der Waals surface area contributed by atoms with E-state index in [2.05, 4.69) is 0 Å². The van der Waals surface area contributed by atoms with Crippen LogP contribution in [0, 0.1) is 10.1 Å². The summed E-state index contributed by atoms with van der Waals surface area (Å²) < 4.78 is 29.8. The average molecular weight is 293 g/mol. The van der Waals surface area contributed by atoms with Crippen molar-refractivity contribution in [1.82, 2.24) is 0 Å². The first kappa shape index (κ1) is 14.0. The summed E-state index contributed by atoms with van der Waals surface area (Å²) in [5.41, 5.74) is 0. The van der Waals surface area contributed by atoms with Crippen LogP contribution in [-0.2, 0) is 9.84 Å². The molecule has 104 valence electrons. The van der Waals surface area contributed by atoms with E-state index in [0.29, 0.717) is 0 Å². The molecule has 0 saturated carbocycles. The largest absolute Gasteiger partial charge is 0.431 e. The van der Waals surface area contributed by atoms with E-state index in [9.17, 15) is 18.5 Å². The molecule has 0 N–H and O–H groups in total. The molecule has 0 radical (unpaired) electrons. The highest BCUT2D eigenvalue weighted by molar-refractivity contribution is 7.91. The molecule has 6 nitrogen and oxygen atoms in total. The summed E-state index contributed by atoms with van der Waals surface area (Å²) in [6, 6.07) is 13.7. The van der Waals surface area contributed by atoms with Gasteiger partial charge < -0.3 is 4.74 Å². The first-order valence-corrected chi connectivity index (χ1v) is 7.14. The highest BCUT2D eigenvalue weighted by Crippen LogP contribution is 2.29. The maximum absolute atomic E-state index is 12.4. The number of nitrogens with zero attached hydrogens (tertiary/aromatic N) is 1. The van der Waals surface area contributed by atoms with Crippen LogP contribution >= 0.6 is 0 Å². The molecule has 0 amide bonds. The maximum Gasteiger partial charge on any atom is 0.344 e. The number of benzene rings is 2. The molecule has 2 aromatic rings. The van der Waals surface area contributed by atoms with Crippen molar-refractivity contribution in [1.29, 1.82) is 0 Å². The lowest BCUT2D eigenvalue weighted by Gasteiger charge is -2.09. The molecule has 0 aliphatic carbocycles. The van der Waals surface area contributed by atoms with Gasteiger partial charge in [-0.2, -0.15) is 0 Å². The van der Waals surface area contributed by atoms with Gasteiger partial charge in [0.1, 0.15) is 10.6 Å². The molecular weight excluding hydrogens is 282 g/mol. The Morgan fingerprint density at radius 3 is 2.25 bits per heavy atom. The van der Waals surface area contributed by atoms with Crippen molar-refractivity contribution in [2.75, 3.05) is 6.73 Å². The Hall–Kier alpha value is -2.41. The zero-order chi connectivity index (χ0) is 14.6. The highest BCUT2D eigenvalue weighted by atomic mass is 32.2. The predicted molar refractivity (Wildman–Crippen MR) is 70.8 cm³/mol. The van der Waals surface area contributed by atoms with Crippen LogP contribution in [0.5, 0.6) is 5.75 Å². The molecule has 0 heterocycles. The molecule has 0 bridgehead atoms. The van der Waals surface area contributed by atoms with Crippen molar-refractivity contribution >= 4 is 9.84 Å². The van der Waals surface area contributed by atoms with E-state index in [0.717, 1.165) is 0 Å². The topological polar surface area (TPSA) is 86.5 Å². The van der Waals surface area contributed by atoms with Crippen molar-refractivity contribution in [3.8, 4) is 5.75 Å². The van der Waals surface area contributed by atoms with E-state index in [1.54, 1.807) is 24.3 Å². The lowest BCUT2D eigenvalue weighted by molar-refractivity contribution is -0.514. The summed E-state index contributed by atoms with van der Waals surface area (Å²) >= 11 is 0. The zero-order valence-corrected chi connectivity index (χ0v) is 11.1. The Kier molecular flexibility index (Phi) is 3.99. The molecular formula is C13H11NO5S. The van der Waals surface area contributed by atoms with Gasteiger partial charge in [-0.05, 0) is 24.3 Å². The second-order valence-corrected chi connectivity index (χ2v) is 5.79. The SMILES string of the molecule is O=[N+]([O-])COc1ccccc1S(=O)(=O)c1ccccc1. The molecule has 0 aromatic heterocycles. The quantitative estimate of drug-likeness (QED) is 0.479. The van der Waals surface area contributed by atoms with Gasteiger partial charge in [-0.25, -0.2) is 8.42 Å². The minimum atomic E-state index is -3.77. The van der Waals surface area contributed by atoms with Crippen LogP contribution in [0.1, 0.15) is 0 Å². The number of para-hydroxylation sites is 1. The van der Waals surface area contributed by atoms with Crippen LogP contribution in [0.4, 0.5) is 0 Å². The van der Waals surface area contributed by atoms with E-state index < -0.39 is 21.5 Å². The smallest absolute Gasteiger partial charge is 0.344 e. The standard InChI is InChI=1S/C13H11NO5S/c15-14(16)10-19-12-8-4-5-9-13(12)20(17,18)11-6-2-1-3-7-11/h1-9H,10H2. The minimum absolute atomic E-state index is 0.0342. The van der Waals surface area contributed by atoms with Gasteiger partial charge in [0.15, 0.2) is 0 Å². The van der Waals surface area contributed by atoms with Crippen molar-refractivity contribution in [2.45, 2.75) is 9.79 Å². The van der Waals surface area contributed by atoms with E-state index >= 15 is 0 Å². The molecule has 2 aromatic carbocycles. The fraction of sp³-hybridized carbons (Fsp3) is 0.0769. The predicted octanol–water partition coefficient (Wildman–Crippen LogP) is 2.13. The Bertz CT molecular complexity index is 713. The lowest BCUT2D eigenvalue weighted by Crippen LogP contribution is -2.11. The number of ether oxygens (including phenoxy) is 1. The summed E-state index contributed by atoms with van der Waals surface area (Å²) in [7, 11) is -3.77. The second kappa shape index (κ2) is 5.70. The number of sulfone groups is 1. The summed E-state index contributed by atoms with van der Waals surface area (Å²) in [5.74, 6) is -0.0342. The van der Waals surface area contributed by atoms with Gasteiger partial charge in [-0.1, -0.05) is 30.3 Å². The molecule has 0 unspecified atom stereocenters. The molecule has 0 spiro atoms. The molecule has 2 rings (SSSR count). The van der Waals surface area contributed by atoms with Crippen molar-refractivity contribution in [2.24, 2.45) is 0 Å². The summed E-state index contributed by atoms with van der Waals surface area (Å²) in [6.45, 7) is -0.790. The van der Waals surface area contributed by atoms with Gasteiger partial charge in [0.2, 0.25) is 9.84 Å². The van der Waals surface area contributed by atoms with Gasteiger partial charge in [-0.3, -0.25) is 10.1 Å². The molecule has 0 aliphatic rings. The molecule has 20 heavy (non-hydrogen) atoms. The summed E-state index contributed by atoms with van der Waals surface area (Å²) in [4.78, 5) is 9.68. The second-order valence-electron chi connectivity index (χ2n) is 3.87. The summed E-state index contributed by atoms with van der Waals surface area (Å²) in [5, 5.41) is 10.3. The van der Waals surface area contributed by atoms with E-state index in [1.165, 1.54) is 30.3 Å². The van der Waals surface area contributed by atoms with Crippen LogP contribution in [0.15, 0.2) is 64.4 Å². The third-order valence-corrected chi connectivity index (χ3v) is 4.33. The number of nitro groups is 1. The number of hydrogen-bond donors (Lipinski definition) is 0. The fourth-order valence-corrected chi connectivity index (χ4v) is 3.06. The van der Waals surface area contributed by atoms with Crippen LogP contribution in [0.3, 0.4) is 0 Å². The molecule has 7 heteroatoms. The third-order valence-electron chi connectivity index (χ3n) is 2.52. The lowest BCUT2D eigenvalue weighted by atomic mass is 10.3. The van der Waals surface area contributed by atoms with Crippen LogP contribution in [0.2, 0.25) is 0 Å². The van der Waals surface area contributed by atoms with Crippen LogP contribution < -0.4 is 4.74 Å². The van der Waals surface area contributed by atoms with Crippen molar-refractivity contribution in [3.05, 3.63) is 64.7 Å². The summed E-state index contributed by atoms with van der Waals surface area (Å²) in [6.07, 6.45) is 0. The maximum atomic E-state index is 12.4. The van der Waals surface area contributed by atoms with E-state index in [-0.39, 0.29) is 15.5 Å². The van der Waals surface area contributed by atoms with Gasteiger partial charge in [-0.15, -0.1) is 0 Å². The number of rotatable bonds is 5. The monoisotopic (exact) mass is 293 g/mol.